The lowest BCUT2D eigenvalue weighted by Gasteiger charge is -2.06. The van der Waals surface area contributed by atoms with Gasteiger partial charge in [-0.25, -0.2) is 13.4 Å². The van der Waals surface area contributed by atoms with E-state index in [0.717, 1.165) is 11.3 Å². The Morgan fingerprint density at radius 3 is 2.55 bits per heavy atom. The van der Waals surface area contributed by atoms with Crippen LogP contribution >= 0.6 is 11.3 Å². The predicted octanol–water partition coefficient (Wildman–Crippen LogP) is 2.79. The molecule has 0 bridgehead atoms. The molecule has 0 amide bonds. The van der Waals surface area contributed by atoms with Crippen molar-refractivity contribution in [2.75, 3.05) is 16.2 Å². The van der Waals surface area contributed by atoms with Crippen LogP contribution < -0.4 is 10.5 Å². The van der Waals surface area contributed by atoms with Crippen molar-refractivity contribution < 1.29 is 8.42 Å². The second-order valence-corrected chi connectivity index (χ2v) is 7.56. The first-order valence-electron chi connectivity index (χ1n) is 6.17. The van der Waals surface area contributed by atoms with Gasteiger partial charge in [0.05, 0.1) is 11.4 Å². The fourth-order valence-corrected chi connectivity index (χ4v) is 4.13. The molecule has 0 unspecified atom stereocenters. The lowest BCUT2D eigenvalue weighted by atomic mass is 10.2. The first-order valence-corrected chi connectivity index (χ1v) is 8.71. The highest BCUT2D eigenvalue weighted by Gasteiger charge is 2.15. The van der Waals surface area contributed by atoms with Gasteiger partial charge in [0.2, 0.25) is 10.0 Å². The summed E-state index contributed by atoms with van der Waals surface area (Å²) in [7, 11) is -3.33. The number of nitrogens with one attached hydrogen (secondary N) is 1. The van der Waals surface area contributed by atoms with Gasteiger partial charge in [-0.15, -0.1) is 11.3 Å². The molecule has 0 radical (unpaired) electrons. The molecule has 5 nitrogen and oxygen atoms in total. The minimum atomic E-state index is -3.33. The van der Waals surface area contributed by atoms with E-state index in [-0.39, 0.29) is 11.7 Å². The van der Waals surface area contributed by atoms with Crippen LogP contribution in [0.15, 0.2) is 29.6 Å². The molecule has 0 aliphatic heterocycles. The second-order valence-electron chi connectivity index (χ2n) is 4.94. The Labute approximate surface area is 122 Å². The van der Waals surface area contributed by atoms with E-state index in [4.69, 9.17) is 5.73 Å². The molecule has 0 aliphatic carbocycles. The summed E-state index contributed by atoms with van der Waals surface area (Å²) >= 11 is 1.27. The Balaban J connectivity index is 2.15. The van der Waals surface area contributed by atoms with Crippen LogP contribution in [0, 0.1) is 5.92 Å². The highest BCUT2D eigenvalue weighted by Crippen LogP contribution is 2.26. The molecule has 0 fully saturated rings. The van der Waals surface area contributed by atoms with Crippen molar-refractivity contribution in [3.05, 3.63) is 29.6 Å². The van der Waals surface area contributed by atoms with Crippen molar-refractivity contribution in [1.29, 1.82) is 0 Å². The summed E-state index contributed by atoms with van der Waals surface area (Å²) in [5.74, 6) is 0.160. The Hall–Kier alpha value is -1.60. The normalized spacial score (nSPS) is 11.8. The summed E-state index contributed by atoms with van der Waals surface area (Å²) < 4.78 is 26.2. The van der Waals surface area contributed by atoms with Gasteiger partial charge in [0.25, 0.3) is 0 Å². The third-order valence-corrected chi connectivity index (χ3v) is 5.00. The smallest absolute Gasteiger partial charge is 0.234 e. The van der Waals surface area contributed by atoms with E-state index < -0.39 is 10.0 Å². The fourth-order valence-electron chi connectivity index (χ4n) is 1.72. The standard InChI is InChI=1S/C13H17N3O2S2/c1-9(2)8-20(17,18)16-13-15-12(7-19-13)10-3-5-11(14)6-4-10/h3-7,9H,8,14H2,1-2H3,(H,15,16). The predicted molar refractivity (Wildman–Crippen MR) is 84.2 cm³/mol. The molecule has 3 N–H and O–H groups in total. The molecule has 1 heterocycles. The molecule has 0 saturated heterocycles. The molecule has 7 heteroatoms. The molecular weight excluding hydrogens is 294 g/mol. The number of sulfonamides is 1. The monoisotopic (exact) mass is 311 g/mol. The van der Waals surface area contributed by atoms with Gasteiger partial charge in [0.1, 0.15) is 0 Å². The van der Waals surface area contributed by atoms with Gasteiger partial charge < -0.3 is 5.73 Å². The van der Waals surface area contributed by atoms with Crippen LogP contribution in [-0.4, -0.2) is 19.2 Å². The van der Waals surface area contributed by atoms with E-state index in [0.29, 0.717) is 10.8 Å². The first-order chi connectivity index (χ1) is 9.35. The molecule has 2 rings (SSSR count). The Bertz CT molecular complexity index is 676. The average Bonchev–Trinajstić information content (AvgIpc) is 2.75. The zero-order valence-corrected chi connectivity index (χ0v) is 13.0. The molecule has 0 atom stereocenters. The quantitative estimate of drug-likeness (QED) is 0.831. The van der Waals surface area contributed by atoms with Gasteiger partial charge in [0.15, 0.2) is 5.13 Å². The summed E-state index contributed by atoms with van der Waals surface area (Å²) in [5.41, 5.74) is 7.95. The number of nitrogen functional groups attached to an aromatic ring is 1. The van der Waals surface area contributed by atoms with E-state index in [2.05, 4.69) is 9.71 Å². The molecule has 20 heavy (non-hydrogen) atoms. The summed E-state index contributed by atoms with van der Waals surface area (Å²) in [6, 6.07) is 7.29. The van der Waals surface area contributed by atoms with Crippen LogP contribution in [0.2, 0.25) is 0 Å². The number of anilines is 2. The van der Waals surface area contributed by atoms with E-state index in [9.17, 15) is 8.42 Å². The molecule has 108 valence electrons. The van der Waals surface area contributed by atoms with Crippen LogP contribution in [0.1, 0.15) is 13.8 Å². The molecular formula is C13H17N3O2S2. The number of aromatic nitrogens is 1. The van der Waals surface area contributed by atoms with Crippen molar-refractivity contribution in [3.8, 4) is 11.3 Å². The summed E-state index contributed by atoms with van der Waals surface area (Å²) in [6.45, 7) is 3.72. The van der Waals surface area contributed by atoms with Crippen molar-refractivity contribution in [1.82, 2.24) is 4.98 Å². The molecule has 0 saturated carbocycles. The maximum absolute atomic E-state index is 11.8. The van der Waals surface area contributed by atoms with E-state index in [1.165, 1.54) is 11.3 Å². The average molecular weight is 311 g/mol. The number of benzene rings is 1. The molecule has 2 aromatic rings. The number of rotatable bonds is 5. The number of thiazole rings is 1. The minimum absolute atomic E-state index is 0.0732. The number of nitrogens with zero attached hydrogens (tertiary/aromatic N) is 1. The van der Waals surface area contributed by atoms with Crippen molar-refractivity contribution in [2.24, 2.45) is 5.92 Å². The van der Waals surface area contributed by atoms with Crippen LogP contribution in [0.25, 0.3) is 11.3 Å². The highest BCUT2D eigenvalue weighted by molar-refractivity contribution is 7.92. The molecule has 1 aromatic heterocycles. The van der Waals surface area contributed by atoms with Gasteiger partial charge in [0, 0.05) is 16.6 Å². The number of hydrogen-bond donors (Lipinski definition) is 2. The van der Waals surface area contributed by atoms with Gasteiger partial charge in [-0.3, -0.25) is 4.72 Å². The summed E-state index contributed by atoms with van der Waals surface area (Å²) in [6.07, 6.45) is 0. The second kappa shape index (κ2) is 5.80. The van der Waals surface area contributed by atoms with Crippen molar-refractivity contribution in [2.45, 2.75) is 13.8 Å². The Kier molecular flexibility index (Phi) is 4.29. The SMILES string of the molecule is CC(C)CS(=O)(=O)Nc1nc(-c2ccc(N)cc2)cs1. The lowest BCUT2D eigenvalue weighted by Crippen LogP contribution is -2.19. The van der Waals surface area contributed by atoms with E-state index in [1.54, 1.807) is 12.1 Å². The third kappa shape index (κ3) is 3.94. The summed E-state index contributed by atoms with van der Waals surface area (Å²) in [4.78, 5) is 4.29. The summed E-state index contributed by atoms with van der Waals surface area (Å²) in [5, 5.41) is 2.20. The maximum Gasteiger partial charge on any atom is 0.234 e. The van der Waals surface area contributed by atoms with E-state index in [1.807, 2.05) is 31.4 Å². The van der Waals surface area contributed by atoms with Crippen LogP contribution in [0.5, 0.6) is 0 Å². The Morgan fingerprint density at radius 2 is 1.95 bits per heavy atom. The topological polar surface area (TPSA) is 85.1 Å². The van der Waals surface area contributed by atoms with Crippen LogP contribution in [-0.2, 0) is 10.0 Å². The zero-order chi connectivity index (χ0) is 14.8. The Morgan fingerprint density at radius 1 is 1.30 bits per heavy atom. The maximum atomic E-state index is 11.8. The van der Waals surface area contributed by atoms with Gasteiger partial charge in [-0.05, 0) is 18.1 Å². The van der Waals surface area contributed by atoms with Gasteiger partial charge in [-0.1, -0.05) is 26.0 Å². The lowest BCUT2D eigenvalue weighted by molar-refractivity contribution is 0.587. The molecule has 0 spiro atoms. The van der Waals surface area contributed by atoms with Crippen LogP contribution in [0.3, 0.4) is 0 Å². The third-order valence-electron chi connectivity index (χ3n) is 2.51. The van der Waals surface area contributed by atoms with E-state index >= 15 is 0 Å². The zero-order valence-electron chi connectivity index (χ0n) is 11.3. The molecule has 1 aromatic carbocycles. The first kappa shape index (κ1) is 14.8. The van der Waals surface area contributed by atoms with Gasteiger partial charge in [-0.2, -0.15) is 0 Å². The van der Waals surface area contributed by atoms with Crippen LogP contribution in [0.4, 0.5) is 10.8 Å². The fraction of sp³-hybridized carbons (Fsp3) is 0.308. The van der Waals surface area contributed by atoms with Crippen molar-refractivity contribution in [3.63, 3.8) is 0 Å². The largest absolute Gasteiger partial charge is 0.399 e. The number of nitrogens with two attached hydrogens (primary N) is 1. The van der Waals surface area contributed by atoms with Crippen molar-refractivity contribution >= 4 is 32.2 Å². The molecule has 0 aliphatic rings. The highest BCUT2D eigenvalue weighted by atomic mass is 32.2. The van der Waals surface area contributed by atoms with Gasteiger partial charge >= 0.3 is 0 Å². The number of hydrogen-bond acceptors (Lipinski definition) is 5. The minimum Gasteiger partial charge on any atom is -0.399 e.